The summed E-state index contributed by atoms with van der Waals surface area (Å²) in [6, 6.07) is 23.0. The van der Waals surface area contributed by atoms with Gasteiger partial charge in [-0.2, -0.15) is 0 Å². The highest BCUT2D eigenvalue weighted by Gasteiger charge is 2.20. The molecule has 1 heterocycles. The second-order valence-electron chi connectivity index (χ2n) is 6.15. The molecule has 0 saturated heterocycles. The van der Waals surface area contributed by atoms with Gasteiger partial charge >= 0.3 is 0 Å². The van der Waals surface area contributed by atoms with Crippen LogP contribution in [0.1, 0.15) is 0 Å². The zero-order chi connectivity index (χ0) is 19.6. The quantitative estimate of drug-likeness (QED) is 0.532. The molecule has 1 aromatic heterocycles. The minimum atomic E-state index is -3.70. The van der Waals surface area contributed by atoms with Gasteiger partial charge in [0.25, 0.3) is 0 Å². The predicted molar refractivity (Wildman–Crippen MR) is 112 cm³/mol. The van der Waals surface area contributed by atoms with Crippen LogP contribution in [-0.4, -0.2) is 25.1 Å². The minimum absolute atomic E-state index is 0.129. The third-order valence-corrected chi connectivity index (χ3v) is 6.85. The molecule has 7 heteroatoms. The van der Waals surface area contributed by atoms with Gasteiger partial charge in [-0.15, -0.1) is 11.3 Å². The number of aromatic nitrogens is 1. The number of thiazole rings is 1. The van der Waals surface area contributed by atoms with E-state index >= 15 is 0 Å². The number of fused-ring (bicyclic) bond motifs is 1. The van der Waals surface area contributed by atoms with Crippen LogP contribution in [0, 0.1) is 0 Å². The van der Waals surface area contributed by atoms with E-state index in [4.69, 9.17) is 0 Å². The van der Waals surface area contributed by atoms with E-state index in [1.165, 1.54) is 23.5 Å². The molecular formula is C21H16N2O3S2. The molecule has 0 saturated carbocycles. The van der Waals surface area contributed by atoms with Crippen LogP contribution in [-0.2, 0) is 14.6 Å². The fraction of sp³-hybridized carbons (Fsp3) is 0.0476. The first-order chi connectivity index (χ1) is 13.5. The zero-order valence-electron chi connectivity index (χ0n) is 14.7. The number of carbonyl (C=O) groups is 1. The Kier molecular flexibility index (Phi) is 4.93. The maximum atomic E-state index is 12.4. The first-order valence-corrected chi connectivity index (χ1v) is 11.0. The lowest BCUT2D eigenvalue weighted by molar-refractivity contribution is -0.113. The molecule has 0 aliphatic carbocycles. The molecule has 5 nitrogen and oxygen atoms in total. The number of para-hydroxylation sites is 2. The molecule has 0 radical (unpaired) electrons. The topological polar surface area (TPSA) is 76.1 Å². The Morgan fingerprint density at radius 1 is 0.893 bits per heavy atom. The highest BCUT2D eigenvalue weighted by atomic mass is 32.2. The minimum Gasteiger partial charge on any atom is -0.325 e. The van der Waals surface area contributed by atoms with Crippen molar-refractivity contribution in [1.82, 2.24) is 4.98 Å². The highest BCUT2D eigenvalue weighted by Crippen LogP contribution is 2.34. The van der Waals surface area contributed by atoms with E-state index in [1.807, 2.05) is 36.4 Å². The van der Waals surface area contributed by atoms with Gasteiger partial charge in [-0.1, -0.05) is 42.5 Å². The molecule has 3 aromatic carbocycles. The van der Waals surface area contributed by atoms with Gasteiger partial charge in [-0.25, -0.2) is 13.4 Å². The average Bonchev–Trinajstić information content (AvgIpc) is 3.12. The maximum Gasteiger partial charge on any atom is 0.239 e. The zero-order valence-corrected chi connectivity index (χ0v) is 16.3. The molecular weight excluding hydrogens is 392 g/mol. The summed E-state index contributed by atoms with van der Waals surface area (Å²) in [5.74, 6) is -1.21. The predicted octanol–water partition coefficient (Wildman–Crippen LogP) is 4.38. The van der Waals surface area contributed by atoms with Crippen LogP contribution in [0.25, 0.3) is 20.8 Å². The van der Waals surface area contributed by atoms with Crippen LogP contribution in [0.15, 0.2) is 83.8 Å². The summed E-state index contributed by atoms with van der Waals surface area (Å²) in [7, 11) is -3.70. The molecule has 28 heavy (non-hydrogen) atoms. The second kappa shape index (κ2) is 7.53. The summed E-state index contributed by atoms with van der Waals surface area (Å²) in [6.07, 6.45) is 0. The Labute approximate surface area is 166 Å². The molecule has 0 aliphatic rings. The molecule has 0 spiro atoms. The normalized spacial score (nSPS) is 11.4. The van der Waals surface area contributed by atoms with Crippen molar-refractivity contribution in [2.45, 2.75) is 4.90 Å². The number of benzene rings is 3. The number of hydrogen-bond acceptors (Lipinski definition) is 5. The number of nitrogens with zero attached hydrogens (tertiary/aromatic N) is 1. The van der Waals surface area contributed by atoms with E-state index in [-0.39, 0.29) is 4.90 Å². The molecule has 0 unspecified atom stereocenters. The third kappa shape index (κ3) is 3.81. The van der Waals surface area contributed by atoms with Crippen molar-refractivity contribution >= 4 is 43.0 Å². The Morgan fingerprint density at radius 3 is 2.36 bits per heavy atom. The largest absolute Gasteiger partial charge is 0.325 e. The number of rotatable bonds is 5. The monoisotopic (exact) mass is 408 g/mol. The van der Waals surface area contributed by atoms with Gasteiger partial charge in [0.1, 0.15) is 10.8 Å². The molecule has 140 valence electrons. The van der Waals surface area contributed by atoms with Crippen molar-refractivity contribution in [2.75, 3.05) is 11.1 Å². The molecule has 1 amide bonds. The molecule has 0 aliphatic heterocycles. The molecule has 4 rings (SSSR count). The SMILES string of the molecule is O=C(CS(=O)(=O)c1ccccc1)Nc1ccccc1-c1nc2ccccc2s1. The van der Waals surface area contributed by atoms with Crippen molar-refractivity contribution in [2.24, 2.45) is 0 Å². The number of sulfone groups is 1. The molecule has 0 fully saturated rings. The van der Waals surface area contributed by atoms with Gasteiger partial charge < -0.3 is 5.32 Å². The summed E-state index contributed by atoms with van der Waals surface area (Å²) in [5, 5.41) is 3.49. The Bertz CT molecular complexity index is 1220. The molecule has 4 aromatic rings. The Balaban J connectivity index is 1.60. The van der Waals surface area contributed by atoms with Crippen molar-refractivity contribution < 1.29 is 13.2 Å². The highest BCUT2D eigenvalue weighted by molar-refractivity contribution is 7.92. The van der Waals surface area contributed by atoms with Gasteiger partial charge in [0.15, 0.2) is 9.84 Å². The standard InChI is InChI=1S/C21H16N2O3S2/c24-20(14-28(25,26)15-8-2-1-3-9-15)22-17-11-5-4-10-16(17)21-23-18-12-6-7-13-19(18)27-21/h1-13H,14H2,(H,22,24). The van der Waals surface area contributed by atoms with Crippen LogP contribution in [0.4, 0.5) is 5.69 Å². The van der Waals surface area contributed by atoms with Gasteiger partial charge in [-0.3, -0.25) is 4.79 Å². The van der Waals surface area contributed by atoms with Crippen LogP contribution >= 0.6 is 11.3 Å². The molecule has 0 bridgehead atoms. The van der Waals surface area contributed by atoms with Gasteiger partial charge in [0.2, 0.25) is 5.91 Å². The van der Waals surface area contributed by atoms with Crippen molar-refractivity contribution in [3.05, 3.63) is 78.9 Å². The van der Waals surface area contributed by atoms with Crippen LogP contribution in [0.2, 0.25) is 0 Å². The number of amides is 1. The fourth-order valence-electron chi connectivity index (χ4n) is 2.84. The van der Waals surface area contributed by atoms with Crippen LogP contribution in [0.5, 0.6) is 0 Å². The van der Waals surface area contributed by atoms with E-state index in [9.17, 15) is 13.2 Å². The third-order valence-electron chi connectivity index (χ3n) is 4.15. The fourth-order valence-corrected chi connectivity index (χ4v) is 5.00. The van der Waals surface area contributed by atoms with Gasteiger partial charge in [-0.05, 0) is 36.4 Å². The first kappa shape index (κ1) is 18.3. The maximum absolute atomic E-state index is 12.4. The summed E-state index contributed by atoms with van der Waals surface area (Å²) in [6.45, 7) is 0. The number of carbonyl (C=O) groups excluding carboxylic acids is 1. The number of hydrogen-bond donors (Lipinski definition) is 1. The Morgan fingerprint density at radius 2 is 1.57 bits per heavy atom. The Hall–Kier alpha value is -3.03. The lowest BCUT2D eigenvalue weighted by Gasteiger charge is -2.10. The number of nitrogens with one attached hydrogen (secondary N) is 1. The van der Waals surface area contributed by atoms with Gasteiger partial charge in [0.05, 0.1) is 20.8 Å². The van der Waals surface area contributed by atoms with Crippen molar-refractivity contribution in [3.63, 3.8) is 0 Å². The summed E-state index contributed by atoms with van der Waals surface area (Å²) >= 11 is 1.52. The van der Waals surface area contributed by atoms with E-state index in [1.54, 1.807) is 30.3 Å². The first-order valence-electron chi connectivity index (χ1n) is 8.55. The summed E-state index contributed by atoms with van der Waals surface area (Å²) < 4.78 is 25.9. The van der Waals surface area contributed by atoms with E-state index in [0.717, 1.165) is 20.8 Å². The van der Waals surface area contributed by atoms with Crippen molar-refractivity contribution in [3.8, 4) is 10.6 Å². The lowest BCUT2D eigenvalue weighted by Crippen LogP contribution is -2.23. The van der Waals surface area contributed by atoms with Crippen LogP contribution < -0.4 is 5.32 Å². The molecule has 1 N–H and O–H groups in total. The van der Waals surface area contributed by atoms with Gasteiger partial charge in [0, 0.05) is 5.56 Å². The van der Waals surface area contributed by atoms with Crippen LogP contribution in [0.3, 0.4) is 0 Å². The summed E-state index contributed by atoms with van der Waals surface area (Å²) in [5.41, 5.74) is 2.18. The van der Waals surface area contributed by atoms with E-state index < -0.39 is 21.5 Å². The van der Waals surface area contributed by atoms with E-state index in [0.29, 0.717) is 5.69 Å². The summed E-state index contributed by atoms with van der Waals surface area (Å²) in [4.78, 5) is 17.2. The van der Waals surface area contributed by atoms with E-state index in [2.05, 4.69) is 10.3 Å². The second-order valence-corrected chi connectivity index (χ2v) is 9.17. The number of anilines is 1. The average molecular weight is 409 g/mol. The smallest absolute Gasteiger partial charge is 0.239 e. The van der Waals surface area contributed by atoms with Crippen molar-refractivity contribution in [1.29, 1.82) is 0 Å². The molecule has 0 atom stereocenters. The lowest BCUT2D eigenvalue weighted by atomic mass is 10.2.